The molecule has 0 bridgehead atoms. The Morgan fingerprint density at radius 3 is 2.60 bits per heavy atom. The second kappa shape index (κ2) is 4.89. The molecule has 0 aliphatic heterocycles. The molecule has 0 spiro atoms. The first kappa shape index (κ1) is 12.5. The summed E-state index contributed by atoms with van der Waals surface area (Å²) in [5.41, 5.74) is 3.62. The first-order chi connectivity index (χ1) is 9.68. The second-order valence-corrected chi connectivity index (χ2v) is 4.93. The van der Waals surface area contributed by atoms with E-state index < -0.39 is 0 Å². The van der Waals surface area contributed by atoms with E-state index in [9.17, 15) is 4.79 Å². The van der Waals surface area contributed by atoms with Crippen LogP contribution in [-0.4, -0.2) is 10.8 Å². The van der Waals surface area contributed by atoms with Crippen molar-refractivity contribution in [3.05, 3.63) is 65.9 Å². The molecule has 0 radical (unpaired) electrons. The van der Waals surface area contributed by atoms with Gasteiger partial charge in [0.25, 0.3) is 0 Å². The SMILES string of the molecule is CC(=O)c1cccc(C)c1-c1nccc2ccccc12. The molecule has 2 nitrogen and oxygen atoms in total. The van der Waals surface area contributed by atoms with Crippen LogP contribution in [0.15, 0.2) is 54.7 Å². The predicted octanol–water partition coefficient (Wildman–Crippen LogP) is 4.41. The van der Waals surface area contributed by atoms with Gasteiger partial charge in [0.2, 0.25) is 0 Å². The molecule has 3 rings (SSSR count). The summed E-state index contributed by atoms with van der Waals surface area (Å²) in [5.74, 6) is 0.0680. The van der Waals surface area contributed by atoms with Gasteiger partial charge in [0.1, 0.15) is 0 Å². The fourth-order valence-electron chi connectivity index (χ4n) is 2.59. The van der Waals surface area contributed by atoms with Crippen LogP contribution in [0.25, 0.3) is 22.0 Å². The van der Waals surface area contributed by atoms with Crippen LogP contribution in [0, 0.1) is 6.92 Å². The van der Waals surface area contributed by atoms with Crippen LogP contribution in [0.3, 0.4) is 0 Å². The van der Waals surface area contributed by atoms with Crippen molar-refractivity contribution >= 4 is 16.6 Å². The minimum Gasteiger partial charge on any atom is -0.294 e. The van der Waals surface area contributed by atoms with Crippen molar-refractivity contribution in [1.29, 1.82) is 0 Å². The summed E-state index contributed by atoms with van der Waals surface area (Å²) in [7, 11) is 0. The van der Waals surface area contributed by atoms with Crippen molar-refractivity contribution in [2.24, 2.45) is 0 Å². The highest BCUT2D eigenvalue weighted by atomic mass is 16.1. The molecule has 0 unspecified atom stereocenters. The van der Waals surface area contributed by atoms with E-state index in [1.807, 2.05) is 49.4 Å². The monoisotopic (exact) mass is 261 g/mol. The largest absolute Gasteiger partial charge is 0.294 e. The third kappa shape index (κ3) is 1.99. The summed E-state index contributed by atoms with van der Waals surface area (Å²) in [6.45, 7) is 3.62. The summed E-state index contributed by atoms with van der Waals surface area (Å²) in [5, 5.41) is 2.21. The van der Waals surface area contributed by atoms with Crippen LogP contribution in [0.5, 0.6) is 0 Å². The molecule has 0 atom stereocenters. The van der Waals surface area contributed by atoms with E-state index >= 15 is 0 Å². The molecule has 1 aromatic heterocycles. The van der Waals surface area contributed by atoms with Gasteiger partial charge in [-0.2, -0.15) is 0 Å². The fourth-order valence-corrected chi connectivity index (χ4v) is 2.59. The summed E-state index contributed by atoms with van der Waals surface area (Å²) >= 11 is 0. The van der Waals surface area contributed by atoms with E-state index in [2.05, 4.69) is 11.1 Å². The molecule has 0 fully saturated rings. The molecule has 2 aromatic carbocycles. The van der Waals surface area contributed by atoms with Gasteiger partial charge in [-0.3, -0.25) is 9.78 Å². The van der Waals surface area contributed by atoms with E-state index in [1.165, 1.54) is 0 Å². The van der Waals surface area contributed by atoms with Crippen LogP contribution in [0.2, 0.25) is 0 Å². The smallest absolute Gasteiger partial charge is 0.160 e. The minimum atomic E-state index is 0.0680. The van der Waals surface area contributed by atoms with Crippen LogP contribution in [0.1, 0.15) is 22.8 Å². The molecule has 3 aromatic rings. The Hall–Kier alpha value is -2.48. The molecular formula is C18H15NO. The number of rotatable bonds is 2. The van der Waals surface area contributed by atoms with E-state index in [0.29, 0.717) is 0 Å². The lowest BCUT2D eigenvalue weighted by Crippen LogP contribution is -2.00. The van der Waals surface area contributed by atoms with Gasteiger partial charge < -0.3 is 0 Å². The van der Waals surface area contributed by atoms with Crippen LogP contribution in [0.4, 0.5) is 0 Å². The van der Waals surface area contributed by atoms with Gasteiger partial charge in [-0.05, 0) is 30.9 Å². The maximum Gasteiger partial charge on any atom is 0.160 e. The summed E-state index contributed by atoms with van der Waals surface area (Å²) < 4.78 is 0. The topological polar surface area (TPSA) is 30.0 Å². The lowest BCUT2D eigenvalue weighted by atomic mass is 9.94. The molecule has 2 heteroatoms. The average molecular weight is 261 g/mol. The van der Waals surface area contributed by atoms with Crippen LogP contribution < -0.4 is 0 Å². The first-order valence-electron chi connectivity index (χ1n) is 6.63. The lowest BCUT2D eigenvalue weighted by Gasteiger charge is -2.12. The summed E-state index contributed by atoms with van der Waals surface area (Å²) in [6.07, 6.45) is 1.80. The number of Topliss-reactive ketones (excluding diaryl/α,β-unsaturated/α-hetero) is 1. The highest BCUT2D eigenvalue weighted by molar-refractivity contribution is 6.05. The Morgan fingerprint density at radius 2 is 1.80 bits per heavy atom. The zero-order valence-corrected chi connectivity index (χ0v) is 11.6. The number of hydrogen-bond donors (Lipinski definition) is 0. The van der Waals surface area contributed by atoms with Crippen LogP contribution in [-0.2, 0) is 0 Å². The van der Waals surface area contributed by atoms with Gasteiger partial charge in [-0.25, -0.2) is 0 Å². The van der Waals surface area contributed by atoms with Crippen molar-refractivity contribution in [2.45, 2.75) is 13.8 Å². The van der Waals surface area contributed by atoms with Gasteiger partial charge >= 0.3 is 0 Å². The van der Waals surface area contributed by atoms with Crippen molar-refractivity contribution in [1.82, 2.24) is 4.98 Å². The Balaban J connectivity index is 2.40. The number of fused-ring (bicyclic) bond motifs is 1. The summed E-state index contributed by atoms with van der Waals surface area (Å²) in [4.78, 5) is 16.4. The quantitative estimate of drug-likeness (QED) is 0.639. The molecular weight excluding hydrogens is 246 g/mol. The standard InChI is InChI=1S/C18H15NO/c1-12-6-5-9-15(13(2)20)17(12)18-16-8-4-3-7-14(16)10-11-19-18/h3-11H,1-2H3. The molecule has 0 amide bonds. The van der Waals surface area contributed by atoms with E-state index in [-0.39, 0.29) is 5.78 Å². The van der Waals surface area contributed by atoms with Gasteiger partial charge in [0, 0.05) is 22.7 Å². The van der Waals surface area contributed by atoms with E-state index in [1.54, 1.807) is 13.1 Å². The lowest BCUT2D eigenvalue weighted by molar-refractivity contribution is 0.101. The third-order valence-corrected chi connectivity index (χ3v) is 3.56. The molecule has 20 heavy (non-hydrogen) atoms. The van der Waals surface area contributed by atoms with Gasteiger partial charge in [-0.1, -0.05) is 42.5 Å². The van der Waals surface area contributed by atoms with Crippen molar-refractivity contribution in [3.8, 4) is 11.3 Å². The second-order valence-electron chi connectivity index (χ2n) is 4.93. The normalized spacial score (nSPS) is 10.7. The summed E-state index contributed by atoms with van der Waals surface area (Å²) in [6, 6.07) is 15.9. The number of aromatic nitrogens is 1. The molecule has 1 heterocycles. The Bertz CT molecular complexity index is 800. The van der Waals surface area contributed by atoms with E-state index in [4.69, 9.17) is 0 Å². The molecule has 98 valence electrons. The maximum absolute atomic E-state index is 11.9. The molecule has 0 saturated heterocycles. The highest BCUT2D eigenvalue weighted by Gasteiger charge is 2.14. The van der Waals surface area contributed by atoms with Crippen molar-refractivity contribution in [2.75, 3.05) is 0 Å². The third-order valence-electron chi connectivity index (χ3n) is 3.56. The Kier molecular flexibility index (Phi) is 3.07. The zero-order valence-electron chi connectivity index (χ0n) is 11.6. The number of hydrogen-bond acceptors (Lipinski definition) is 2. The maximum atomic E-state index is 11.9. The van der Waals surface area contributed by atoms with Crippen LogP contribution >= 0.6 is 0 Å². The molecule has 0 saturated carbocycles. The molecule has 0 N–H and O–H groups in total. The number of aryl methyl sites for hydroxylation is 1. The fraction of sp³-hybridized carbons (Fsp3) is 0.111. The predicted molar refractivity (Wildman–Crippen MR) is 81.9 cm³/mol. The average Bonchev–Trinajstić information content (AvgIpc) is 2.46. The van der Waals surface area contributed by atoms with Gasteiger partial charge in [0.15, 0.2) is 5.78 Å². The number of benzene rings is 2. The van der Waals surface area contributed by atoms with Gasteiger partial charge in [0.05, 0.1) is 5.69 Å². The molecule has 0 aliphatic rings. The number of carbonyl (C=O) groups excluding carboxylic acids is 1. The van der Waals surface area contributed by atoms with Crippen molar-refractivity contribution < 1.29 is 4.79 Å². The Labute approximate surface area is 118 Å². The zero-order chi connectivity index (χ0) is 14.1. The minimum absolute atomic E-state index is 0.0680. The Morgan fingerprint density at radius 1 is 1.00 bits per heavy atom. The highest BCUT2D eigenvalue weighted by Crippen LogP contribution is 2.31. The number of ketones is 1. The van der Waals surface area contributed by atoms with Crippen molar-refractivity contribution in [3.63, 3.8) is 0 Å². The van der Waals surface area contributed by atoms with Gasteiger partial charge in [-0.15, -0.1) is 0 Å². The number of pyridine rings is 1. The van der Waals surface area contributed by atoms with E-state index in [0.717, 1.165) is 33.2 Å². The number of carbonyl (C=O) groups is 1. The first-order valence-corrected chi connectivity index (χ1v) is 6.63. The molecule has 0 aliphatic carbocycles. The number of nitrogens with zero attached hydrogens (tertiary/aromatic N) is 1.